The predicted molar refractivity (Wildman–Crippen MR) is 90.7 cm³/mol. The second kappa shape index (κ2) is 7.03. The highest BCUT2D eigenvalue weighted by Crippen LogP contribution is 2.62. The smallest absolute Gasteiger partial charge is 0.416 e. The molecule has 2 atom stereocenters. The van der Waals surface area contributed by atoms with Crippen molar-refractivity contribution in [3.05, 3.63) is 70.8 Å². The molecule has 1 aliphatic carbocycles. The Kier molecular flexibility index (Phi) is 5.08. The Hall–Kier alpha value is -3.04. The van der Waals surface area contributed by atoms with Crippen LogP contribution in [-0.2, 0) is 21.9 Å². The molecular formula is C20H14F6O4. The van der Waals surface area contributed by atoms with E-state index in [2.05, 4.69) is 0 Å². The van der Waals surface area contributed by atoms with Crippen LogP contribution in [0.2, 0.25) is 0 Å². The Bertz CT molecular complexity index is 881. The monoisotopic (exact) mass is 432 g/mol. The van der Waals surface area contributed by atoms with Crippen LogP contribution in [0, 0.1) is 5.41 Å². The fourth-order valence-electron chi connectivity index (χ4n) is 3.98. The maximum Gasteiger partial charge on any atom is 0.416 e. The summed E-state index contributed by atoms with van der Waals surface area (Å²) in [4.78, 5) is 24.0. The lowest BCUT2D eigenvalue weighted by molar-refractivity contribution is -0.177. The van der Waals surface area contributed by atoms with Gasteiger partial charge in [-0.3, -0.25) is 9.59 Å². The van der Waals surface area contributed by atoms with Crippen molar-refractivity contribution in [2.24, 2.45) is 5.41 Å². The van der Waals surface area contributed by atoms with Crippen LogP contribution in [-0.4, -0.2) is 22.2 Å². The van der Waals surface area contributed by atoms with Crippen LogP contribution in [0.15, 0.2) is 48.5 Å². The van der Waals surface area contributed by atoms with E-state index in [9.17, 15) is 46.1 Å². The van der Waals surface area contributed by atoms with E-state index in [1.807, 2.05) is 0 Å². The number of alkyl halides is 6. The number of halogens is 6. The van der Waals surface area contributed by atoms with E-state index in [0.717, 1.165) is 48.5 Å². The van der Waals surface area contributed by atoms with Crippen molar-refractivity contribution in [1.29, 1.82) is 0 Å². The number of hydrogen-bond donors (Lipinski definition) is 2. The molecule has 160 valence electrons. The van der Waals surface area contributed by atoms with Gasteiger partial charge in [-0.1, -0.05) is 24.3 Å². The normalized spacial score (nSPS) is 21.0. The predicted octanol–water partition coefficient (Wildman–Crippen LogP) is 5.15. The van der Waals surface area contributed by atoms with Crippen LogP contribution in [0.5, 0.6) is 0 Å². The van der Waals surface area contributed by atoms with Gasteiger partial charge >= 0.3 is 24.3 Å². The summed E-state index contributed by atoms with van der Waals surface area (Å²) < 4.78 is 76.5. The largest absolute Gasteiger partial charge is 0.480 e. The van der Waals surface area contributed by atoms with Gasteiger partial charge in [0.05, 0.1) is 11.1 Å². The third kappa shape index (κ3) is 3.40. The van der Waals surface area contributed by atoms with Crippen molar-refractivity contribution in [2.75, 3.05) is 0 Å². The van der Waals surface area contributed by atoms with Gasteiger partial charge in [-0.05, 0) is 41.8 Å². The lowest BCUT2D eigenvalue weighted by atomic mass is 9.49. The van der Waals surface area contributed by atoms with E-state index in [-0.39, 0.29) is 17.5 Å². The topological polar surface area (TPSA) is 74.6 Å². The molecule has 10 heteroatoms. The van der Waals surface area contributed by atoms with Crippen LogP contribution in [0.1, 0.15) is 40.5 Å². The minimum Gasteiger partial charge on any atom is -0.480 e. The third-order valence-corrected chi connectivity index (χ3v) is 5.56. The number of rotatable bonds is 4. The molecule has 0 amide bonds. The fourth-order valence-corrected chi connectivity index (χ4v) is 3.98. The van der Waals surface area contributed by atoms with Crippen LogP contribution < -0.4 is 0 Å². The molecule has 0 saturated heterocycles. The minimum absolute atomic E-state index is 0.0602. The summed E-state index contributed by atoms with van der Waals surface area (Å²) in [7, 11) is 0. The van der Waals surface area contributed by atoms with Crippen LogP contribution in [0.4, 0.5) is 26.3 Å². The van der Waals surface area contributed by atoms with Crippen molar-refractivity contribution in [3.63, 3.8) is 0 Å². The zero-order valence-electron chi connectivity index (χ0n) is 15.0. The van der Waals surface area contributed by atoms with Gasteiger partial charge in [0.15, 0.2) is 5.41 Å². The average molecular weight is 432 g/mol. The van der Waals surface area contributed by atoms with Crippen molar-refractivity contribution >= 4 is 11.9 Å². The quantitative estimate of drug-likeness (QED) is 0.518. The van der Waals surface area contributed by atoms with Crippen LogP contribution in [0.3, 0.4) is 0 Å². The second-order valence-electron chi connectivity index (χ2n) is 7.06. The first-order valence-corrected chi connectivity index (χ1v) is 8.60. The molecule has 2 unspecified atom stereocenters. The Balaban J connectivity index is 2.00. The zero-order valence-corrected chi connectivity index (χ0v) is 15.0. The Morgan fingerprint density at radius 2 is 1.00 bits per heavy atom. The summed E-state index contributed by atoms with van der Waals surface area (Å²) in [5.74, 6) is -5.73. The summed E-state index contributed by atoms with van der Waals surface area (Å²) in [6, 6.07) is 7.03. The van der Waals surface area contributed by atoms with E-state index >= 15 is 0 Å². The van der Waals surface area contributed by atoms with E-state index in [0.29, 0.717) is 0 Å². The maximum atomic E-state index is 12.8. The van der Waals surface area contributed by atoms with Crippen molar-refractivity contribution in [1.82, 2.24) is 0 Å². The lowest BCUT2D eigenvalue weighted by Crippen LogP contribution is -2.57. The van der Waals surface area contributed by atoms with Gasteiger partial charge in [0.25, 0.3) is 0 Å². The molecule has 0 aliphatic heterocycles. The first kappa shape index (κ1) is 21.7. The molecule has 2 aromatic rings. The standard InChI is InChI=1S/C20H14F6O4/c21-19(22,23)12-5-1-10(2-6-12)14-9-15(18(14,16(27)28)17(29)30)11-3-7-13(8-4-11)20(24,25)26/h1-8,14-15H,9H2,(H,27,28)(H,29,30). The van der Waals surface area contributed by atoms with E-state index in [4.69, 9.17) is 0 Å². The molecular weight excluding hydrogens is 418 g/mol. The SMILES string of the molecule is O=C(O)C1(C(=O)O)C(c2ccc(C(F)(F)F)cc2)CC1c1ccc(C(F)(F)F)cc1. The molecule has 1 fully saturated rings. The van der Waals surface area contributed by atoms with Gasteiger partial charge in [0.1, 0.15) is 0 Å². The zero-order chi connectivity index (χ0) is 22.5. The number of hydrogen-bond acceptors (Lipinski definition) is 2. The molecule has 4 nitrogen and oxygen atoms in total. The Morgan fingerprint density at radius 1 is 0.700 bits per heavy atom. The average Bonchev–Trinajstić information content (AvgIpc) is 2.60. The lowest BCUT2D eigenvalue weighted by Gasteiger charge is -2.50. The summed E-state index contributed by atoms with van der Waals surface area (Å²) in [6.07, 6.45) is -9.29. The van der Waals surface area contributed by atoms with Crippen molar-refractivity contribution < 1.29 is 46.1 Å². The first-order valence-electron chi connectivity index (χ1n) is 8.60. The molecule has 0 bridgehead atoms. The molecule has 2 aromatic carbocycles. The van der Waals surface area contributed by atoms with Crippen molar-refractivity contribution in [2.45, 2.75) is 30.6 Å². The number of carboxylic acids is 2. The molecule has 1 aliphatic rings. The van der Waals surface area contributed by atoms with Gasteiger partial charge in [0.2, 0.25) is 0 Å². The van der Waals surface area contributed by atoms with E-state index in [1.54, 1.807) is 0 Å². The highest BCUT2D eigenvalue weighted by molar-refractivity contribution is 6.02. The number of carboxylic acid groups (broad SMARTS) is 2. The van der Waals surface area contributed by atoms with Gasteiger partial charge in [-0.25, -0.2) is 0 Å². The summed E-state index contributed by atoms with van der Waals surface area (Å²) in [6.45, 7) is 0. The van der Waals surface area contributed by atoms with Crippen LogP contribution >= 0.6 is 0 Å². The molecule has 1 saturated carbocycles. The molecule has 0 spiro atoms. The molecule has 2 N–H and O–H groups in total. The van der Waals surface area contributed by atoms with E-state index < -0.39 is 52.7 Å². The van der Waals surface area contributed by atoms with Crippen molar-refractivity contribution in [3.8, 4) is 0 Å². The van der Waals surface area contributed by atoms with Gasteiger partial charge in [-0.2, -0.15) is 26.3 Å². The number of aliphatic carboxylic acids is 2. The highest BCUT2D eigenvalue weighted by atomic mass is 19.4. The number of benzene rings is 2. The van der Waals surface area contributed by atoms with Gasteiger partial charge in [-0.15, -0.1) is 0 Å². The minimum atomic E-state index is -4.61. The molecule has 30 heavy (non-hydrogen) atoms. The second-order valence-corrected chi connectivity index (χ2v) is 7.06. The maximum absolute atomic E-state index is 12.8. The highest BCUT2D eigenvalue weighted by Gasteiger charge is 2.67. The Labute approximate surface area is 165 Å². The molecule has 0 heterocycles. The van der Waals surface area contributed by atoms with E-state index in [1.165, 1.54) is 0 Å². The fraction of sp³-hybridized carbons (Fsp3) is 0.300. The summed E-state index contributed by atoms with van der Waals surface area (Å²) in [5, 5.41) is 19.5. The summed E-state index contributed by atoms with van der Waals surface area (Å²) in [5.41, 5.74) is -4.17. The molecule has 0 aromatic heterocycles. The molecule has 3 rings (SSSR count). The van der Waals surface area contributed by atoms with Crippen LogP contribution in [0.25, 0.3) is 0 Å². The number of carbonyl (C=O) groups is 2. The third-order valence-electron chi connectivity index (χ3n) is 5.56. The summed E-state index contributed by atoms with van der Waals surface area (Å²) >= 11 is 0. The van der Waals surface area contributed by atoms with Gasteiger partial charge < -0.3 is 10.2 Å². The van der Waals surface area contributed by atoms with Gasteiger partial charge in [0, 0.05) is 11.8 Å². The Morgan fingerprint density at radius 3 is 1.23 bits per heavy atom. The molecule has 0 radical (unpaired) electrons. The first-order chi connectivity index (χ1) is 13.8.